The number of unbranched alkanes of at least 4 members (excludes halogenated alkanes) is 18. The summed E-state index contributed by atoms with van der Waals surface area (Å²) >= 11 is 0. The standard InChI is InChI=1S/C54H111O3P/c1-16-25-28-31-34-37-40-43-52(46(10)19-4,47(11)20-5)55-58(56-53(48(12)21-6,49(13)22-7)44-41-38-35-32-29-26-17-2)57-54(50(14)23-8,51(15)24-9)45-42-39-36-33-30-27-18-3/h46-51H,16-45H2,1-15H3. The Morgan fingerprint density at radius 1 is 0.276 bits per heavy atom. The van der Waals surface area contributed by atoms with Crippen molar-refractivity contribution < 1.29 is 13.6 Å². The molecule has 6 atom stereocenters. The third kappa shape index (κ3) is 19.8. The molecule has 0 aromatic heterocycles. The van der Waals surface area contributed by atoms with Gasteiger partial charge in [0.1, 0.15) is 0 Å². The molecular weight excluding hydrogens is 728 g/mol. The Labute approximate surface area is 369 Å². The maximum absolute atomic E-state index is 8.04. The minimum Gasteiger partial charge on any atom is -0.305 e. The molecule has 0 saturated heterocycles. The summed E-state index contributed by atoms with van der Waals surface area (Å²) in [5, 5.41) is 0. The molecule has 0 aromatic carbocycles. The van der Waals surface area contributed by atoms with Crippen molar-refractivity contribution in [3.8, 4) is 0 Å². The van der Waals surface area contributed by atoms with Crippen LogP contribution in [0.2, 0.25) is 0 Å². The third-order valence-corrected chi connectivity index (χ3v) is 17.4. The average molecular weight is 839 g/mol. The second kappa shape index (κ2) is 34.8. The van der Waals surface area contributed by atoms with Crippen LogP contribution in [0.1, 0.15) is 296 Å². The van der Waals surface area contributed by atoms with Crippen molar-refractivity contribution in [1.29, 1.82) is 0 Å². The van der Waals surface area contributed by atoms with Crippen LogP contribution >= 0.6 is 8.60 Å². The van der Waals surface area contributed by atoms with Crippen molar-refractivity contribution in [2.45, 2.75) is 313 Å². The van der Waals surface area contributed by atoms with Crippen LogP contribution in [0, 0.1) is 35.5 Å². The van der Waals surface area contributed by atoms with Crippen molar-refractivity contribution in [2.75, 3.05) is 0 Å². The highest BCUT2D eigenvalue weighted by molar-refractivity contribution is 7.41. The van der Waals surface area contributed by atoms with Crippen LogP contribution in [0.25, 0.3) is 0 Å². The van der Waals surface area contributed by atoms with E-state index in [4.69, 9.17) is 13.6 Å². The average Bonchev–Trinajstić information content (AvgIpc) is 3.24. The van der Waals surface area contributed by atoms with E-state index in [1.54, 1.807) is 0 Å². The summed E-state index contributed by atoms with van der Waals surface area (Å²) in [5.41, 5.74) is -0.820. The lowest BCUT2D eigenvalue weighted by molar-refractivity contribution is -0.132. The molecule has 0 heterocycles. The molecule has 0 aromatic rings. The van der Waals surface area contributed by atoms with Crippen molar-refractivity contribution in [1.82, 2.24) is 0 Å². The zero-order valence-electron chi connectivity index (χ0n) is 42.8. The van der Waals surface area contributed by atoms with Crippen molar-refractivity contribution in [3.63, 3.8) is 0 Å². The molecule has 0 N–H and O–H groups in total. The fourth-order valence-electron chi connectivity index (χ4n) is 10.2. The molecule has 0 fully saturated rings. The van der Waals surface area contributed by atoms with Crippen molar-refractivity contribution >= 4 is 8.60 Å². The van der Waals surface area contributed by atoms with Crippen LogP contribution in [-0.2, 0) is 13.6 Å². The van der Waals surface area contributed by atoms with Crippen LogP contribution in [0.3, 0.4) is 0 Å². The lowest BCUT2D eigenvalue weighted by Gasteiger charge is -2.52. The number of hydrogen-bond donors (Lipinski definition) is 0. The van der Waals surface area contributed by atoms with E-state index in [2.05, 4.69) is 104 Å². The van der Waals surface area contributed by atoms with E-state index in [0.717, 1.165) is 57.8 Å². The molecule has 0 rings (SSSR count). The van der Waals surface area contributed by atoms with Gasteiger partial charge in [-0.2, -0.15) is 0 Å². The predicted octanol–water partition coefficient (Wildman–Crippen LogP) is 20.2. The number of hydrogen-bond acceptors (Lipinski definition) is 3. The first-order valence-corrected chi connectivity index (χ1v) is 27.8. The highest BCUT2D eigenvalue weighted by atomic mass is 31.2. The summed E-state index contributed by atoms with van der Waals surface area (Å²) in [4.78, 5) is 0. The summed E-state index contributed by atoms with van der Waals surface area (Å²) in [6.45, 7) is 36.3. The molecule has 0 aliphatic carbocycles. The molecule has 4 heteroatoms. The molecule has 0 aliphatic rings. The summed E-state index contributed by atoms with van der Waals surface area (Å²) in [6, 6.07) is 0. The Balaban J connectivity index is 7.45. The topological polar surface area (TPSA) is 27.7 Å². The molecule has 0 aliphatic heterocycles. The van der Waals surface area contributed by atoms with Gasteiger partial charge in [0.2, 0.25) is 0 Å². The van der Waals surface area contributed by atoms with Gasteiger partial charge in [0.15, 0.2) is 0 Å². The molecule has 58 heavy (non-hydrogen) atoms. The Kier molecular flexibility index (Phi) is 34.9. The maximum Gasteiger partial charge on any atom is 0.334 e. The van der Waals surface area contributed by atoms with E-state index < -0.39 is 8.60 Å². The van der Waals surface area contributed by atoms with Gasteiger partial charge in [-0.3, -0.25) is 0 Å². The molecule has 350 valence electrons. The Hall–Kier alpha value is 0.310. The predicted molar refractivity (Wildman–Crippen MR) is 263 cm³/mol. The molecule has 0 spiro atoms. The van der Waals surface area contributed by atoms with E-state index in [-0.39, 0.29) is 16.8 Å². The minimum absolute atomic E-state index is 0.273. The van der Waals surface area contributed by atoms with Crippen LogP contribution < -0.4 is 0 Å². The molecule has 3 nitrogen and oxygen atoms in total. The van der Waals surface area contributed by atoms with Crippen LogP contribution in [0.15, 0.2) is 0 Å². The normalized spacial score (nSPS) is 19.1. The highest BCUT2D eigenvalue weighted by Gasteiger charge is 2.52. The minimum atomic E-state index is -1.65. The van der Waals surface area contributed by atoms with Crippen molar-refractivity contribution in [2.24, 2.45) is 35.5 Å². The highest BCUT2D eigenvalue weighted by Crippen LogP contribution is 2.61. The smallest absolute Gasteiger partial charge is 0.305 e. The van der Waals surface area contributed by atoms with Gasteiger partial charge in [-0.25, -0.2) is 0 Å². The SMILES string of the molecule is CCCCCCCCCC(OP(OC(CCCCCCCCC)(C(C)CC)C(C)CC)OC(CCCCCCCCC)(C(C)CC)C(C)CC)(C(C)CC)C(C)CC. The first-order valence-electron chi connectivity index (χ1n) is 26.7. The Morgan fingerprint density at radius 3 is 0.621 bits per heavy atom. The summed E-state index contributed by atoms with van der Waals surface area (Å²) < 4.78 is 24.1. The van der Waals surface area contributed by atoms with Gasteiger partial charge in [-0.05, 0) is 54.8 Å². The van der Waals surface area contributed by atoms with Gasteiger partial charge in [0, 0.05) is 0 Å². The molecule has 0 saturated carbocycles. The van der Waals surface area contributed by atoms with Crippen LogP contribution in [0.5, 0.6) is 0 Å². The van der Waals surface area contributed by atoms with Crippen LogP contribution in [-0.4, -0.2) is 16.8 Å². The lowest BCUT2D eigenvalue weighted by atomic mass is 9.73. The molecule has 0 bridgehead atoms. The van der Waals surface area contributed by atoms with Gasteiger partial charge in [0.05, 0.1) is 16.8 Å². The van der Waals surface area contributed by atoms with Gasteiger partial charge in [0.25, 0.3) is 0 Å². The number of rotatable bonds is 42. The van der Waals surface area contributed by atoms with E-state index in [0.29, 0.717) is 35.5 Å². The monoisotopic (exact) mass is 839 g/mol. The fourth-order valence-corrected chi connectivity index (χ4v) is 12.5. The zero-order chi connectivity index (χ0) is 43.9. The fraction of sp³-hybridized carbons (Fsp3) is 1.00. The largest absolute Gasteiger partial charge is 0.334 e. The lowest BCUT2D eigenvalue weighted by Crippen LogP contribution is -2.50. The molecular formula is C54H111O3P. The van der Waals surface area contributed by atoms with Crippen LogP contribution in [0.4, 0.5) is 0 Å². The first kappa shape index (κ1) is 58.3. The van der Waals surface area contributed by atoms with Gasteiger partial charge in [-0.15, -0.1) is 0 Å². The van der Waals surface area contributed by atoms with E-state index in [1.165, 1.54) is 135 Å². The van der Waals surface area contributed by atoms with Gasteiger partial charge in [-0.1, -0.05) is 277 Å². The third-order valence-electron chi connectivity index (χ3n) is 15.9. The van der Waals surface area contributed by atoms with E-state index in [9.17, 15) is 0 Å². The van der Waals surface area contributed by atoms with E-state index >= 15 is 0 Å². The zero-order valence-corrected chi connectivity index (χ0v) is 43.7. The van der Waals surface area contributed by atoms with Gasteiger partial charge < -0.3 is 13.6 Å². The summed E-state index contributed by atoms with van der Waals surface area (Å²) in [5.74, 6) is 2.55. The van der Waals surface area contributed by atoms with E-state index in [1.807, 2.05) is 0 Å². The quantitative estimate of drug-likeness (QED) is 0.0453. The van der Waals surface area contributed by atoms with Crippen molar-refractivity contribution in [3.05, 3.63) is 0 Å². The summed E-state index contributed by atoms with van der Waals surface area (Å²) in [6.07, 6.45) is 37.8. The second-order valence-electron chi connectivity index (χ2n) is 19.8. The maximum atomic E-state index is 8.04. The molecule has 6 unspecified atom stereocenters. The Bertz CT molecular complexity index is 763. The molecule has 0 amide bonds. The second-order valence-corrected chi connectivity index (χ2v) is 20.8. The van der Waals surface area contributed by atoms with Gasteiger partial charge >= 0.3 is 8.60 Å². The summed E-state index contributed by atoms with van der Waals surface area (Å²) in [7, 11) is -1.65. The Morgan fingerprint density at radius 2 is 0.448 bits per heavy atom. The molecule has 0 radical (unpaired) electrons. The first-order chi connectivity index (χ1) is 27.9.